The van der Waals surface area contributed by atoms with E-state index in [1.807, 2.05) is 43.5 Å². The lowest BCUT2D eigenvalue weighted by Crippen LogP contribution is -2.32. The lowest BCUT2D eigenvalue weighted by Gasteiger charge is -2.17. The van der Waals surface area contributed by atoms with Crippen LogP contribution in [0.4, 0.5) is 10.5 Å². The molecule has 1 aromatic heterocycles. The van der Waals surface area contributed by atoms with Crippen molar-refractivity contribution in [3.63, 3.8) is 0 Å². The number of aromatic nitrogens is 1. The molecule has 2 rings (SSSR count). The summed E-state index contributed by atoms with van der Waals surface area (Å²) in [5, 5.41) is 13.5. The summed E-state index contributed by atoms with van der Waals surface area (Å²) in [6.45, 7) is 4.36. The second kappa shape index (κ2) is 7.99. The van der Waals surface area contributed by atoms with Gasteiger partial charge in [0.05, 0.1) is 12.5 Å². The van der Waals surface area contributed by atoms with Crippen LogP contribution in [0.5, 0.6) is 0 Å². The molecular formula is C16H18N4OS2. The zero-order valence-electron chi connectivity index (χ0n) is 13.3. The van der Waals surface area contributed by atoms with Crippen LogP contribution >= 0.6 is 23.1 Å². The van der Waals surface area contributed by atoms with Crippen molar-refractivity contribution in [3.05, 3.63) is 34.8 Å². The molecule has 0 radical (unpaired) electrons. The first kappa shape index (κ1) is 17.3. The quantitative estimate of drug-likeness (QED) is 0.877. The highest BCUT2D eigenvalue weighted by molar-refractivity contribution is 8.01. The molecule has 0 aliphatic heterocycles. The van der Waals surface area contributed by atoms with Gasteiger partial charge < -0.3 is 10.2 Å². The molecular weight excluding hydrogens is 328 g/mol. The number of amides is 2. The highest BCUT2D eigenvalue weighted by Crippen LogP contribution is 2.32. The van der Waals surface area contributed by atoms with Crippen LogP contribution in [0.3, 0.4) is 0 Å². The van der Waals surface area contributed by atoms with E-state index < -0.39 is 0 Å². The van der Waals surface area contributed by atoms with Crippen LogP contribution in [-0.4, -0.2) is 29.5 Å². The number of carbonyl (C=O) groups is 1. The molecule has 1 aromatic carbocycles. The van der Waals surface area contributed by atoms with Crippen LogP contribution in [0.15, 0.2) is 32.8 Å². The Balaban J connectivity index is 2.01. The molecule has 120 valence electrons. The predicted molar refractivity (Wildman–Crippen MR) is 94.0 cm³/mol. The molecule has 0 fully saturated rings. The molecule has 0 saturated carbocycles. The van der Waals surface area contributed by atoms with E-state index in [2.05, 4.69) is 10.3 Å². The van der Waals surface area contributed by atoms with Crippen molar-refractivity contribution in [2.24, 2.45) is 0 Å². The third kappa shape index (κ3) is 4.98. The molecule has 0 aliphatic carbocycles. The van der Waals surface area contributed by atoms with E-state index in [4.69, 9.17) is 5.26 Å². The zero-order chi connectivity index (χ0) is 16.8. The molecule has 2 aromatic rings. The molecule has 1 N–H and O–H groups in total. The van der Waals surface area contributed by atoms with Gasteiger partial charge in [-0.1, -0.05) is 11.8 Å². The summed E-state index contributed by atoms with van der Waals surface area (Å²) in [4.78, 5) is 19.1. The van der Waals surface area contributed by atoms with Gasteiger partial charge in [0.1, 0.15) is 0 Å². The Morgan fingerprint density at radius 2 is 2.26 bits per heavy atom. The first-order valence-electron chi connectivity index (χ1n) is 7.09. The van der Waals surface area contributed by atoms with Gasteiger partial charge >= 0.3 is 6.03 Å². The van der Waals surface area contributed by atoms with Crippen molar-refractivity contribution in [3.8, 4) is 6.07 Å². The fourth-order valence-electron chi connectivity index (χ4n) is 1.85. The van der Waals surface area contributed by atoms with Crippen LogP contribution in [-0.2, 0) is 0 Å². The monoisotopic (exact) mass is 346 g/mol. The van der Waals surface area contributed by atoms with Crippen molar-refractivity contribution in [2.45, 2.75) is 29.5 Å². The molecule has 23 heavy (non-hydrogen) atoms. The number of hydrogen-bond donors (Lipinski definition) is 1. The fourth-order valence-corrected chi connectivity index (χ4v) is 3.76. The van der Waals surface area contributed by atoms with E-state index in [1.165, 1.54) is 4.90 Å². The summed E-state index contributed by atoms with van der Waals surface area (Å²) in [6, 6.07) is 7.73. The minimum absolute atomic E-state index is 0.209. The first-order valence-corrected chi connectivity index (χ1v) is 8.79. The third-order valence-electron chi connectivity index (χ3n) is 3.15. The fraction of sp³-hybridized carbons (Fsp3) is 0.312. The number of thiazole rings is 1. The molecule has 7 heteroatoms. The van der Waals surface area contributed by atoms with E-state index in [0.717, 1.165) is 26.2 Å². The van der Waals surface area contributed by atoms with E-state index in [-0.39, 0.29) is 6.03 Å². The average molecular weight is 346 g/mol. The highest BCUT2D eigenvalue weighted by atomic mass is 32.2. The molecule has 0 saturated heterocycles. The van der Waals surface area contributed by atoms with Crippen LogP contribution in [0.2, 0.25) is 0 Å². The summed E-state index contributed by atoms with van der Waals surface area (Å²) >= 11 is 3.24. The minimum Gasteiger partial charge on any atom is -0.327 e. The van der Waals surface area contributed by atoms with Crippen LogP contribution in [0.25, 0.3) is 0 Å². The average Bonchev–Trinajstić information content (AvgIpc) is 2.92. The van der Waals surface area contributed by atoms with Crippen LogP contribution < -0.4 is 5.32 Å². The predicted octanol–water partition coefficient (Wildman–Crippen LogP) is 4.29. The second-order valence-electron chi connectivity index (χ2n) is 5.09. The second-order valence-corrected chi connectivity index (χ2v) is 7.27. The number of carbonyl (C=O) groups excluding carboxylic acids is 1. The van der Waals surface area contributed by atoms with Gasteiger partial charge in [0.25, 0.3) is 0 Å². The van der Waals surface area contributed by atoms with Crippen molar-refractivity contribution in [2.75, 3.05) is 18.9 Å². The third-order valence-corrected chi connectivity index (χ3v) is 5.19. The Labute approximate surface area is 144 Å². The Kier molecular flexibility index (Phi) is 6.02. The molecule has 2 amide bonds. The molecule has 0 spiro atoms. The minimum atomic E-state index is -0.209. The van der Waals surface area contributed by atoms with E-state index in [0.29, 0.717) is 13.0 Å². The summed E-state index contributed by atoms with van der Waals surface area (Å²) in [7, 11) is 1.68. The van der Waals surface area contributed by atoms with Crippen LogP contribution in [0, 0.1) is 25.2 Å². The lowest BCUT2D eigenvalue weighted by molar-refractivity contribution is 0.223. The highest BCUT2D eigenvalue weighted by Gasteiger charge is 2.10. The van der Waals surface area contributed by atoms with E-state index in [1.54, 1.807) is 30.1 Å². The van der Waals surface area contributed by atoms with Gasteiger partial charge in [-0.15, -0.1) is 11.3 Å². The van der Waals surface area contributed by atoms with Gasteiger partial charge in [-0.25, -0.2) is 9.78 Å². The number of nitrogens with one attached hydrogen (secondary N) is 1. The number of urea groups is 1. The summed E-state index contributed by atoms with van der Waals surface area (Å²) in [6.07, 6.45) is 0.325. The smallest absolute Gasteiger partial charge is 0.321 e. The Morgan fingerprint density at radius 3 is 2.87 bits per heavy atom. The van der Waals surface area contributed by atoms with E-state index >= 15 is 0 Å². The van der Waals surface area contributed by atoms with Crippen molar-refractivity contribution >= 4 is 34.8 Å². The van der Waals surface area contributed by atoms with Crippen LogP contribution in [0.1, 0.15) is 17.7 Å². The number of aryl methyl sites for hydroxylation is 2. The van der Waals surface area contributed by atoms with Gasteiger partial charge in [-0.3, -0.25) is 0 Å². The van der Waals surface area contributed by atoms with Gasteiger partial charge in [0.15, 0.2) is 4.34 Å². The standard InChI is InChI=1S/C16H18N4OS2/c1-11-9-13(23-16-18-12(2)10-22-16)5-6-14(11)19-15(21)20(3)8-4-7-17/h5-6,9-10H,4,8H2,1-3H3,(H,19,21). The summed E-state index contributed by atoms with van der Waals surface area (Å²) in [5.41, 5.74) is 2.79. The number of benzene rings is 1. The Bertz CT molecular complexity index is 736. The number of anilines is 1. The van der Waals surface area contributed by atoms with Gasteiger partial charge in [0, 0.05) is 35.2 Å². The normalized spacial score (nSPS) is 10.2. The SMILES string of the molecule is Cc1csc(Sc2ccc(NC(=O)N(C)CCC#N)c(C)c2)n1. The van der Waals surface area contributed by atoms with Crippen molar-refractivity contribution < 1.29 is 4.79 Å². The molecule has 1 heterocycles. The maximum absolute atomic E-state index is 12.0. The zero-order valence-corrected chi connectivity index (χ0v) is 14.9. The van der Waals surface area contributed by atoms with Gasteiger partial charge in [-0.05, 0) is 37.6 Å². The van der Waals surface area contributed by atoms with Gasteiger partial charge in [-0.2, -0.15) is 5.26 Å². The Morgan fingerprint density at radius 1 is 1.48 bits per heavy atom. The molecule has 0 aliphatic rings. The molecule has 0 bridgehead atoms. The molecule has 5 nitrogen and oxygen atoms in total. The molecule has 0 atom stereocenters. The number of hydrogen-bond acceptors (Lipinski definition) is 5. The summed E-state index contributed by atoms with van der Waals surface area (Å²) < 4.78 is 1.01. The number of nitriles is 1. The van der Waals surface area contributed by atoms with Crippen molar-refractivity contribution in [1.29, 1.82) is 5.26 Å². The summed E-state index contributed by atoms with van der Waals surface area (Å²) in [5.74, 6) is 0. The van der Waals surface area contributed by atoms with Crippen molar-refractivity contribution in [1.82, 2.24) is 9.88 Å². The maximum Gasteiger partial charge on any atom is 0.321 e. The van der Waals surface area contributed by atoms with Gasteiger partial charge in [0.2, 0.25) is 0 Å². The van der Waals surface area contributed by atoms with E-state index in [9.17, 15) is 4.79 Å². The number of rotatable bonds is 5. The lowest BCUT2D eigenvalue weighted by atomic mass is 10.2. The molecule has 0 unspecified atom stereocenters. The largest absolute Gasteiger partial charge is 0.327 e. The topological polar surface area (TPSA) is 69.0 Å². The maximum atomic E-state index is 12.0. The first-order chi connectivity index (χ1) is 11.0. The Hall–Kier alpha value is -2.04. The number of nitrogens with zero attached hydrogens (tertiary/aromatic N) is 3.